The third-order valence-electron chi connectivity index (χ3n) is 5.19. The Morgan fingerprint density at radius 1 is 1.34 bits per heavy atom. The summed E-state index contributed by atoms with van der Waals surface area (Å²) < 4.78 is 39.0. The summed E-state index contributed by atoms with van der Waals surface area (Å²) in [6.07, 6.45) is 4.15. The molecule has 1 aromatic carbocycles. The van der Waals surface area contributed by atoms with Gasteiger partial charge in [-0.1, -0.05) is 0 Å². The number of aromatic nitrogens is 1. The largest absolute Gasteiger partial charge is 0.361 e. The average Bonchev–Trinajstić information content (AvgIpc) is 3.09. The Morgan fingerprint density at radius 2 is 2.07 bits per heavy atom. The zero-order chi connectivity index (χ0) is 20.1. The van der Waals surface area contributed by atoms with Crippen molar-refractivity contribution in [2.45, 2.75) is 32.2 Å². The SMILES string of the molecule is CCS(=O)(=O)N1CCC(NC(=NC)NCCc2c[nH]c3ccc(F)cc23)CC1.I. The number of hydrogen-bond donors (Lipinski definition) is 3. The minimum absolute atomic E-state index is 0. The third kappa shape index (κ3) is 6.05. The smallest absolute Gasteiger partial charge is 0.213 e. The van der Waals surface area contributed by atoms with E-state index >= 15 is 0 Å². The van der Waals surface area contributed by atoms with Crippen LogP contribution < -0.4 is 10.6 Å². The van der Waals surface area contributed by atoms with E-state index in [-0.39, 0.29) is 41.6 Å². The second-order valence-corrected chi connectivity index (χ2v) is 9.23. The monoisotopic (exact) mass is 537 g/mol. The number of fused-ring (bicyclic) bond motifs is 1. The van der Waals surface area contributed by atoms with Crippen molar-refractivity contribution in [3.63, 3.8) is 0 Å². The summed E-state index contributed by atoms with van der Waals surface area (Å²) in [5.41, 5.74) is 1.98. The van der Waals surface area contributed by atoms with Crippen molar-refractivity contribution in [1.29, 1.82) is 0 Å². The van der Waals surface area contributed by atoms with E-state index in [1.807, 2.05) is 6.20 Å². The van der Waals surface area contributed by atoms with E-state index < -0.39 is 10.0 Å². The minimum Gasteiger partial charge on any atom is -0.361 e. The highest BCUT2D eigenvalue weighted by Crippen LogP contribution is 2.19. The van der Waals surface area contributed by atoms with Crippen LogP contribution in [0.3, 0.4) is 0 Å². The van der Waals surface area contributed by atoms with E-state index in [4.69, 9.17) is 0 Å². The highest BCUT2D eigenvalue weighted by atomic mass is 127. The fourth-order valence-corrected chi connectivity index (χ4v) is 4.65. The van der Waals surface area contributed by atoms with Crippen LogP contribution in [-0.4, -0.2) is 62.1 Å². The number of aliphatic imine (C=N–C) groups is 1. The molecule has 0 bridgehead atoms. The van der Waals surface area contributed by atoms with Gasteiger partial charge in [0.1, 0.15) is 5.82 Å². The molecule has 0 radical (unpaired) electrons. The molecule has 2 aromatic rings. The van der Waals surface area contributed by atoms with Gasteiger partial charge in [-0.15, -0.1) is 24.0 Å². The Kier molecular flexibility index (Phi) is 8.71. The molecule has 1 aliphatic heterocycles. The van der Waals surface area contributed by atoms with E-state index in [1.54, 1.807) is 30.4 Å². The van der Waals surface area contributed by atoms with Crippen molar-refractivity contribution < 1.29 is 12.8 Å². The van der Waals surface area contributed by atoms with Gasteiger partial charge in [-0.25, -0.2) is 17.1 Å². The second-order valence-electron chi connectivity index (χ2n) is 6.97. The molecule has 0 aliphatic carbocycles. The van der Waals surface area contributed by atoms with E-state index in [1.165, 1.54) is 6.07 Å². The number of aromatic amines is 1. The van der Waals surface area contributed by atoms with Crippen molar-refractivity contribution >= 4 is 50.9 Å². The Labute approximate surface area is 188 Å². The Balaban J connectivity index is 0.00000300. The standard InChI is InChI=1S/C19H28FN5O2S.HI/c1-3-28(26,27)25-10-7-16(8-11-25)24-19(21-2)22-9-6-14-13-23-18-5-4-15(20)12-17(14)18;/h4-5,12-13,16,23H,3,6-11H2,1-2H3,(H2,21,22,24);1H. The van der Waals surface area contributed by atoms with Crippen LogP contribution in [0.1, 0.15) is 25.3 Å². The normalized spacial score (nSPS) is 16.6. The van der Waals surface area contributed by atoms with Gasteiger partial charge >= 0.3 is 0 Å². The van der Waals surface area contributed by atoms with Gasteiger partial charge in [0.05, 0.1) is 5.75 Å². The minimum atomic E-state index is -3.11. The molecule has 0 spiro atoms. The van der Waals surface area contributed by atoms with E-state index in [0.717, 1.165) is 35.7 Å². The molecule has 1 aliphatic rings. The molecular weight excluding hydrogens is 508 g/mol. The van der Waals surface area contributed by atoms with Gasteiger partial charge < -0.3 is 15.6 Å². The molecule has 29 heavy (non-hydrogen) atoms. The molecule has 7 nitrogen and oxygen atoms in total. The predicted octanol–water partition coefficient (Wildman–Crippen LogP) is 2.45. The van der Waals surface area contributed by atoms with Gasteiger partial charge in [0.25, 0.3) is 0 Å². The summed E-state index contributed by atoms with van der Waals surface area (Å²) in [4.78, 5) is 7.42. The first-order valence-corrected chi connectivity index (χ1v) is 11.2. The summed E-state index contributed by atoms with van der Waals surface area (Å²) in [6, 6.07) is 4.93. The van der Waals surface area contributed by atoms with Crippen LogP contribution in [0.25, 0.3) is 10.9 Å². The highest BCUT2D eigenvalue weighted by molar-refractivity contribution is 14.0. The number of guanidine groups is 1. The van der Waals surface area contributed by atoms with Crippen LogP contribution in [-0.2, 0) is 16.4 Å². The molecule has 3 rings (SSSR count). The van der Waals surface area contributed by atoms with Crippen LogP contribution in [0.15, 0.2) is 29.4 Å². The number of rotatable bonds is 6. The van der Waals surface area contributed by atoms with E-state index in [9.17, 15) is 12.8 Å². The lowest BCUT2D eigenvalue weighted by molar-refractivity contribution is 0.306. The van der Waals surface area contributed by atoms with Gasteiger partial charge in [-0.3, -0.25) is 4.99 Å². The maximum atomic E-state index is 13.5. The van der Waals surface area contributed by atoms with Gasteiger partial charge in [-0.2, -0.15) is 0 Å². The van der Waals surface area contributed by atoms with Crippen molar-refractivity contribution in [3.05, 3.63) is 35.8 Å². The molecule has 10 heteroatoms. The number of halogens is 2. The van der Waals surface area contributed by atoms with Gasteiger partial charge in [0.2, 0.25) is 10.0 Å². The molecule has 2 heterocycles. The predicted molar refractivity (Wildman–Crippen MR) is 126 cm³/mol. The van der Waals surface area contributed by atoms with Crippen LogP contribution in [0, 0.1) is 5.82 Å². The molecule has 1 aromatic heterocycles. The Morgan fingerprint density at radius 3 is 2.72 bits per heavy atom. The first kappa shape index (κ1) is 23.9. The first-order chi connectivity index (χ1) is 13.4. The summed E-state index contributed by atoms with van der Waals surface area (Å²) in [6.45, 7) is 3.40. The number of benzene rings is 1. The summed E-state index contributed by atoms with van der Waals surface area (Å²) in [5, 5.41) is 7.56. The Hall–Kier alpha value is -1.40. The van der Waals surface area contributed by atoms with Crippen LogP contribution >= 0.6 is 24.0 Å². The lowest BCUT2D eigenvalue weighted by Gasteiger charge is -2.32. The molecule has 0 saturated carbocycles. The first-order valence-electron chi connectivity index (χ1n) is 9.63. The molecule has 0 amide bonds. The van der Waals surface area contributed by atoms with Crippen LogP contribution in [0.4, 0.5) is 4.39 Å². The lowest BCUT2D eigenvalue weighted by Crippen LogP contribution is -2.50. The lowest BCUT2D eigenvalue weighted by atomic mass is 10.1. The highest BCUT2D eigenvalue weighted by Gasteiger charge is 2.26. The molecule has 3 N–H and O–H groups in total. The summed E-state index contributed by atoms with van der Waals surface area (Å²) >= 11 is 0. The molecular formula is C19H29FIN5O2S. The number of H-pyrrole nitrogens is 1. The molecule has 0 unspecified atom stereocenters. The van der Waals surface area contributed by atoms with Crippen molar-refractivity contribution in [2.75, 3.05) is 32.4 Å². The number of sulfonamides is 1. The van der Waals surface area contributed by atoms with Gasteiger partial charge in [-0.05, 0) is 49.9 Å². The fraction of sp³-hybridized carbons (Fsp3) is 0.526. The van der Waals surface area contributed by atoms with Gasteiger partial charge in [0, 0.05) is 49.8 Å². The topological polar surface area (TPSA) is 89.6 Å². The fourth-order valence-electron chi connectivity index (χ4n) is 3.52. The number of nitrogens with one attached hydrogen (secondary N) is 3. The number of hydrogen-bond acceptors (Lipinski definition) is 3. The summed E-state index contributed by atoms with van der Waals surface area (Å²) in [5.74, 6) is 0.601. The maximum Gasteiger partial charge on any atom is 0.213 e. The van der Waals surface area contributed by atoms with E-state index in [2.05, 4.69) is 20.6 Å². The second kappa shape index (κ2) is 10.6. The molecule has 162 valence electrons. The van der Waals surface area contributed by atoms with E-state index in [0.29, 0.717) is 25.6 Å². The van der Waals surface area contributed by atoms with Crippen molar-refractivity contribution in [2.24, 2.45) is 4.99 Å². The summed E-state index contributed by atoms with van der Waals surface area (Å²) in [7, 11) is -1.39. The molecule has 1 fully saturated rings. The quantitative estimate of drug-likeness (QED) is 0.300. The Bertz CT molecular complexity index is 939. The number of piperidine rings is 1. The van der Waals surface area contributed by atoms with Crippen molar-refractivity contribution in [3.8, 4) is 0 Å². The van der Waals surface area contributed by atoms with Crippen molar-refractivity contribution in [1.82, 2.24) is 19.9 Å². The molecule has 1 saturated heterocycles. The van der Waals surface area contributed by atoms with Gasteiger partial charge in [0.15, 0.2) is 5.96 Å². The van der Waals surface area contributed by atoms with Crippen LogP contribution in [0.5, 0.6) is 0 Å². The average molecular weight is 537 g/mol. The zero-order valence-corrected chi connectivity index (χ0v) is 19.9. The zero-order valence-electron chi connectivity index (χ0n) is 16.7. The van der Waals surface area contributed by atoms with Crippen LogP contribution in [0.2, 0.25) is 0 Å². The number of nitrogens with zero attached hydrogens (tertiary/aromatic N) is 2. The maximum absolute atomic E-state index is 13.5. The third-order valence-corrected chi connectivity index (χ3v) is 7.07. The molecule has 0 atom stereocenters.